The van der Waals surface area contributed by atoms with E-state index in [2.05, 4.69) is 10.6 Å². The lowest BCUT2D eigenvalue weighted by atomic mass is 10.6. The van der Waals surface area contributed by atoms with E-state index in [4.69, 9.17) is 0 Å². The van der Waals surface area contributed by atoms with Gasteiger partial charge in [0.25, 0.3) is 0 Å². The molecule has 0 aromatic rings. The Balaban J connectivity index is -0.000000245. The van der Waals surface area contributed by atoms with Gasteiger partial charge in [0, 0.05) is 9.40 Å². The van der Waals surface area contributed by atoms with Gasteiger partial charge in [0.1, 0.15) is 0 Å². The molecule has 0 saturated carbocycles. The maximum atomic E-state index is 10.5. The van der Waals surface area contributed by atoms with Gasteiger partial charge in [-0.15, -0.1) is 0 Å². The molecular weight excluding hydrogens is 104 g/mol. The van der Waals surface area contributed by atoms with E-state index in [9.17, 15) is 4.79 Å². The second-order valence-electron chi connectivity index (χ2n) is 1.48. The van der Waals surface area contributed by atoms with Crippen molar-refractivity contribution in [2.75, 3.05) is 20.1 Å². The number of likely N-dealkylation sites (N-methyl/N-ethyl adjacent to an activating group) is 2. The summed E-state index contributed by atoms with van der Waals surface area (Å²) < 4.78 is 0. The molecule has 0 unspecified atom stereocenters. The molecule has 3 nitrogen and oxygen atoms in total. The molecule has 0 aliphatic carbocycles. The van der Waals surface area contributed by atoms with Crippen LogP contribution in [0, 0.1) is 0 Å². The lowest BCUT2D eigenvalue weighted by molar-refractivity contribution is -0.120. The molecule has 2 N–H and O–H groups in total. The van der Waals surface area contributed by atoms with Crippen molar-refractivity contribution < 1.29 is 7.65 Å². The highest BCUT2D eigenvalue weighted by molar-refractivity contribution is 5.77. The van der Waals surface area contributed by atoms with Crippen molar-refractivity contribution >= 4 is 5.91 Å². The molecule has 0 atom stereocenters. The molecule has 3 heteroatoms. The predicted octanol–water partition coefficient (Wildman–Crippen LogP) is -0.166. The molecule has 0 aliphatic rings. The molecule has 0 rings (SSSR count). The molecular formula is C5H16N2O. The molecule has 0 saturated heterocycles. The molecule has 8 heavy (non-hydrogen) atoms. The van der Waals surface area contributed by atoms with E-state index < -0.39 is 0 Å². The molecule has 52 valence electrons. The van der Waals surface area contributed by atoms with Crippen LogP contribution in [0.3, 0.4) is 0 Å². The van der Waals surface area contributed by atoms with Crippen LogP contribution in [0.2, 0.25) is 0 Å². The van der Waals surface area contributed by atoms with E-state index in [1.807, 2.05) is 6.92 Å². The summed E-state index contributed by atoms with van der Waals surface area (Å²) >= 11 is 0. The number of hydrogen-bond acceptors (Lipinski definition) is 2. The van der Waals surface area contributed by atoms with Crippen LogP contribution < -0.4 is 10.6 Å². The van der Waals surface area contributed by atoms with Crippen LogP contribution in [0.25, 0.3) is 0 Å². The Morgan fingerprint density at radius 2 is 2.38 bits per heavy atom. The van der Waals surface area contributed by atoms with Crippen LogP contribution in [-0.4, -0.2) is 26.0 Å². The van der Waals surface area contributed by atoms with Crippen molar-refractivity contribution in [1.29, 1.82) is 0 Å². The summed E-state index contributed by atoms with van der Waals surface area (Å²) in [5, 5.41) is 5.39. The van der Waals surface area contributed by atoms with E-state index >= 15 is 0 Å². The fourth-order valence-corrected chi connectivity index (χ4v) is 0.420. The van der Waals surface area contributed by atoms with E-state index in [1.165, 1.54) is 0 Å². The zero-order valence-corrected chi connectivity index (χ0v) is 5.32. The van der Waals surface area contributed by atoms with Gasteiger partial charge in [0.05, 0.1) is 6.54 Å². The van der Waals surface area contributed by atoms with E-state index in [-0.39, 0.29) is 8.76 Å². The SMILES string of the molecule is CCNC(=O)CNC.[HH].[HH]. The zero-order valence-electron chi connectivity index (χ0n) is 5.32. The first-order valence-corrected chi connectivity index (χ1v) is 2.72. The normalized spacial score (nSPS) is 8.75. The Kier molecular flexibility index (Phi) is 4.26. The quantitative estimate of drug-likeness (QED) is 0.543. The molecule has 0 spiro atoms. The zero-order chi connectivity index (χ0) is 6.41. The lowest BCUT2D eigenvalue weighted by Gasteiger charge is -1.97. The van der Waals surface area contributed by atoms with Crippen LogP contribution in [0.1, 0.15) is 9.78 Å². The first-order valence-electron chi connectivity index (χ1n) is 2.72. The Bertz CT molecular complexity index is 72.0. The number of amides is 1. The van der Waals surface area contributed by atoms with Crippen LogP contribution in [0.4, 0.5) is 0 Å². The van der Waals surface area contributed by atoms with Gasteiger partial charge in [0.15, 0.2) is 0 Å². The van der Waals surface area contributed by atoms with Gasteiger partial charge in [0.2, 0.25) is 5.91 Å². The van der Waals surface area contributed by atoms with Crippen LogP contribution in [-0.2, 0) is 4.79 Å². The highest BCUT2D eigenvalue weighted by Crippen LogP contribution is 1.58. The first kappa shape index (κ1) is 7.43. The van der Waals surface area contributed by atoms with Crippen molar-refractivity contribution in [2.45, 2.75) is 6.92 Å². The minimum absolute atomic E-state index is 0. The number of hydrogen-bond donors (Lipinski definition) is 2. The fraction of sp³-hybridized carbons (Fsp3) is 0.800. The van der Waals surface area contributed by atoms with Gasteiger partial charge < -0.3 is 10.6 Å². The molecule has 0 fully saturated rings. The molecule has 0 aliphatic heterocycles. The highest BCUT2D eigenvalue weighted by Gasteiger charge is 1.91. The number of carbonyl (C=O) groups excluding carboxylic acids is 1. The first-order chi connectivity index (χ1) is 3.81. The van der Waals surface area contributed by atoms with Crippen LogP contribution in [0.15, 0.2) is 0 Å². The molecule has 1 amide bonds. The largest absolute Gasteiger partial charge is 0.355 e. The average Bonchev–Trinajstić information content (AvgIpc) is 1.68. The van der Waals surface area contributed by atoms with Gasteiger partial charge in [-0.2, -0.15) is 0 Å². The average molecular weight is 120 g/mol. The van der Waals surface area contributed by atoms with E-state index in [0.29, 0.717) is 13.1 Å². The van der Waals surface area contributed by atoms with Crippen molar-refractivity contribution in [3.05, 3.63) is 0 Å². The third kappa shape index (κ3) is 3.61. The lowest BCUT2D eigenvalue weighted by Crippen LogP contribution is -2.31. The third-order valence-electron chi connectivity index (χ3n) is 0.711. The van der Waals surface area contributed by atoms with Gasteiger partial charge in [-0.25, -0.2) is 0 Å². The number of carbonyl (C=O) groups is 1. The highest BCUT2D eigenvalue weighted by atomic mass is 16.1. The topological polar surface area (TPSA) is 41.1 Å². The maximum Gasteiger partial charge on any atom is 0.233 e. The Morgan fingerprint density at radius 3 is 2.75 bits per heavy atom. The van der Waals surface area contributed by atoms with E-state index in [1.54, 1.807) is 7.05 Å². The second-order valence-corrected chi connectivity index (χ2v) is 1.48. The second kappa shape index (κ2) is 4.59. The van der Waals surface area contributed by atoms with Gasteiger partial charge in [-0.05, 0) is 14.0 Å². The minimum atomic E-state index is 0. The summed E-state index contributed by atoms with van der Waals surface area (Å²) in [4.78, 5) is 10.5. The minimum Gasteiger partial charge on any atom is -0.355 e. The van der Waals surface area contributed by atoms with Crippen molar-refractivity contribution in [3.63, 3.8) is 0 Å². The summed E-state index contributed by atoms with van der Waals surface area (Å²) in [7, 11) is 1.75. The Labute approximate surface area is 52.4 Å². The molecule has 0 aromatic carbocycles. The fourth-order valence-electron chi connectivity index (χ4n) is 0.420. The third-order valence-corrected chi connectivity index (χ3v) is 0.711. The smallest absolute Gasteiger partial charge is 0.233 e. The molecule has 0 bridgehead atoms. The number of rotatable bonds is 3. The van der Waals surface area contributed by atoms with Crippen molar-refractivity contribution in [1.82, 2.24) is 10.6 Å². The number of nitrogens with one attached hydrogen (secondary N) is 2. The predicted molar refractivity (Wildman–Crippen MR) is 36.8 cm³/mol. The summed E-state index contributed by atoms with van der Waals surface area (Å²) in [6.07, 6.45) is 0. The molecule has 0 radical (unpaired) electrons. The van der Waals surface area contributed by atoms with Crippen molar-refractivity contribution in [2.24, 2.45) is 0 Å². The summed E-state index contributed by atoms with van der Waals surface area (Å²) in [5.41, 5.74) is 0. The van der Waals surface area contributed by atoms with Gasteiger partial charge >= 0.3 is 0 Å². The molecule has 0 aromatic heterocycles. The van der Waals surface area contributed by atoms with Crippen LogP contribution >= 0.6 is 0 Å². The van der Waals surface area contributed by atoms with Gasteiger partial charge in [-0.3, -0.25) is 4.79 Å². The Morgan fingerprint density at radius 1 is 1.75 bits per heavy atom. The summed E-state index contributed by atoms with van der Waals surface area (Å²) in [5.74, 6) is 0.0509. The standard InChI is InChI=1S/C5H12N2O.2H2/c1-3-7-5(8)4-6-2;;/h6H,3-4H2,1-2H3,(H,7,8);2*1H. The Hall–Kier alpha value is -0.570. The van der Waals surface area contributed by atoms with Crippen LogP contribution in [0.5, 0.6) is 0 Å². The van der Waals surface area contributed by atoms with Crippen molar-refractivity contribution in [3.8, 4) is 0 Å². The maximum absolute atomic E-state index is 10.5. The summed E-state index contributed by atoms with van der Waals surface area (Å²) in [6.45, 7) is 3.02. The summed E-state index contributed by atoms with van der Waals surface area (Å²) in [6, 6.07) is 0. The van der Waals surface area contributed by atoms with E-state index in [0.717, 1.165) is 0 Å². The molecule has 0 heterocycles. The van der Waals surface area contributed by atoms with Gasteiger partial charge in [-0.1, -0.05) is 0 Å². The monoisotopic (exact) mass is 120 g/mol.